The maximum absolute atomic E-state index is 12.2. The number of hydrogen-bond donors (Lipinski definition) is 1. The van der Waals surface area contributed by atoms with E-state index in [-0.39, 0.29) is 5.91 Å². The summed E-state index contributed by atoms with van der Waals surface area (Å²) >= 11 is 0. The average Bonchev–Trinajstić information content (AvgIpc) is 2.36. The SMILES string of the molecule is CCCC1(O)CN(C(=O)c2cccc(COC)c2)C1. The number of amides is 1. The van der Waals surface area contributed by atoms with Gasteiger partial charge in [0.2, 0.25) is 0 Å². The van der Waals surface area contributed by atoms with Gasteiger partial charge in [0.05, 0.1) is 25.3 Å². The Morgan fingerprint density at radius 3 is 2.84 bits per heavy atom. The fourth-order valence-electron chi connectivity index (χ4n) is 2.57. The van der Waals surface area contributed by atoms with Crippen molar-refractivity contribution < 1.29 is 14.6 Å². The maximum atomic E-state index is 12.2. The van der Waals surface area contributed by atoms with Crippen LogP contribution in [0.5, 0.6) is 0 Å². The molecule has 4 heteroatoms. The molecule has 2 rings (SSSR count). The molecule has 1 aliphatic rings. The molecule has 1 amide bonds. The molecule has 1 aromatic rings. The first kappa shape index (κ1) is 14.0. The lowest BCUT2D eigenvalue weighted by atomic mass is 9.88. The standard InChI is InChI=1S/C15H21NO3/c1-3-7-15(18)10-16(11-15)14(17)13-6-4-5-12(8-13)9-19-2/h4-6,8,18H,3,7,9-11H2,1-2H3. The highest BCUT2D eigenvalue weighted by Crippen LogP contribution is 2.27. The van der Waals surface area contributed by atoms with Crippen LogP contribution in [0, 0.1) is 0 Å². The summed E-state index contributed by atoms with van der Waals surface area (Å²) in [6, 6.07) is 7.45. The molecule has 0 saturated carbocycles. The Balaban J connectivity index is 2.00. The molecule has 1 saturated heterocycles. The highest BCUT2D eigenvalue weighted by atomic mass is 16.5. The van der Waals surface area contributed by atoms with Crippen molar-refractivity contribution in [3.8, 4) is 0 Å². The molecule has 1 fully saturated rings. The van der Waals surface area contributed by atoms with Crippen molar-refractivity contribution in [1.29, 1.82) is 0 Å². The third-order valence-corrected chi connectivity index (χ3v) is 3.46. The second-order valence-corrected chi connectivity index (χ2v) is 5.27. The summed E-state index contributed by atoms with van der Waals surface area (Å²) in [4.78, 5) is 13.9. The zero-order chi connectivity index (χ0) is 13.9. The van der Waals surface area contributed by atoms with Gasteiger partial charge in [0.25, 0.3) is 5.91 Å². The Hall–Kier alpha value is -1.39. The van der Waals surface area contributed by atoms with Gasteiger partial charge in [-0.2, -0.15) is 0 Å². The first-order valence-electron chi connectivity index (χ1n) is 6.67. The van der Waals surface area contributed by atoms with Crippen LogP contribution in [0.25, 0.3) is 0 Å². The molecule has 0 aliphatic carbocycles. The number of aliphatic hydroxyl groups is 1. The van der Waals surface area contributed by atoms with E-state index in [1.807, 2.05) is 25.1 Å². The molecule has 19 heavy (non-hydrogen) atoms. The van der Waals surface area contributed by atoms with Gasteiger partial charge in [0, 0.05) is 12.7 Å². The fourth-order valence-corrected chi connectivity index (χ4v) is 2.57. The molecule has 1 aliphatic heterocycles. The van der Waals surface area contributed by atoms with E-state index in [9.17, 15) is 9.90 Å². The van der Waals surface area contributed by atoms with Crippen molar-refractivity contribution in [3.05, 3.63) is 35.4 Å². The number of carbonyl (C=O) groups is 1. The monoisotopic (exact) mass is 263 g/mol. The summed E-state index contributed by atoms with van der Waals surface area (Å²) in [6.45, 7) is 3.42. The molecule has 0 radical (unpaired) electrons. The average molecular weight is 263 g/mol. The minimum atomic E-state index is -0.672. The largest absolute Gasteiger partial charge is 0.386 e. The fraction of sp³-hybridized carbons (Fsp3) is 0.533. The van der Waals surface area contributed by atoms with Crippen LogP contribution in [0.1, 0.15) is 35.7 Å². The van der Waals surface area contributed by atoms with Crippen molar-refractivity contribution in [2.24, 2.45) is 0 Å². The second kappa shape index (κ2) is 5.72. The van der Waals surface area contributed by atoms with Crippen LogP contribution in [-0.4, -0.2) is 41.7 Å². The van der Waals surface area contributed by atoms with E-state index in [1.54, 1.807) is 18.1 Å². The molecule has 104 valence electrons. The van der Waals surface area contributed by atoms with Gasteiger partial charge in [-0.25, -0.2) is 0 Å². The molecule has 0 aromatic heterocycles. The maximum Gasteiger partial charge on any atom is 0.254 e. The van der Waals surface area contributed by atoms with Crippen LogP contribution in [-0.2, 0) is 11.3 Å². The minimum Gasteiger partial charge on any atom is -0.386 e. The number of rotatable bonds is 5. The van der Waals surface area contributed by atoms with Crippen LogP contribution in [0.3, 0.4) is 0 Å². The molecular weight excluding hydrogens is 242 g/mol. The summed E-state index contributed by atoms with van der Waals surface area (Å²) in [5.74, 6) is -0.0151. The lowest BCUT2D eigenvalue weighted by Gasteiger charge is -2.46. The van der Waals surface area contributed by atoms with Gasteiger partial charge in [0.15, 0.2) is 0 Å². The molecule has 0 spiro atoms. The van der Waals surface area contributed by atoms with Crippen LogP contribution >= 0.6 is 0 Å². The van der Waals surface area contributed by atoms with Crippen molar-refractivity contribution >= 4 is 5.91 Å². The zero-order valence-corrected chi connectivity index (χ0v) is 11.6. The van der Waals surface area contributed by atoms with Crippen LogP contribution in [0.15, 0.2) is 24.3 Å². The summed E-state index contributed by atoms with van der Waals surface area (Å²) in [5, 5.41) is 10.1. The topological polar surface area (TPSA) is 49.8 Å². The summed E-state index contributed by atoms with van der Waals surface area (Å²) in [6.07, 6.45) is 1.68. The van der Waals surface area contributed by atoms with Crippen LogP contribution in [0.2, 0.25) is 0 Å². The Morgan fingerprint density at radius 2 is 2.21 bits per heavy atom. The molecule has 1 aromatic carbocycles. The van der Waals surface area contributed by atoms with Gasteiger partial charge in [-0.3, -0.25) is 4.79 Å². The van der Waals surface area contributed by atoms with Crippen LogP contribution < -0.4 is 0 Å². The van der Waals surface area contributed by atoms with E-state index < -0.39 is 5.60 Å². The predicted octanol–water partition coefficient (Wildman–Crippen LogP) is 1.82. The third-order valence-electron chi connectivity index (χ3n) is 3.46. The molecule has 0 atom stereocenters. The summed E-state index contributed by atoms with van der Waals surface area (Å²) < 4.78 is 5.06. The van der Waals surface area contributed by atoms with Crippen molar-refractivity contribution in [2.45, 2.75) is 32.0 Å². The van der Waals surface area contributed by atoms with Gasteiger partial charge in [-0.05, 0) is 24.1 Å². The number of likely N-dealkylation sites (tertiary alicyclic amines) is 1. The normalized spacial score (nSPS) is 17.1. The van der Waals surface area contributed by atoms with Crippen molar-refractivity contribution in [2.75, 3.05) is 20.2 Å². The first-order chi connectivity index (χ1) is 9.08. The Bertz CT molecular complexity index is 452. The van der Waals surface area contributed by atoms with Gasteiger partial charge in [-0.1, -0.05) is 25.5 Å². The number of methoxy groups -OCH3 is 1. The van der Waals surface area contributed by atoms with Gasteiger partial charge >= 0.3 is 0 Å². The highest BCUT2D eigenvalue weighted by molar-refractivity contribution is 5.95. The number of benzene rings is 1. The zero-order valence-electron chi connectivity index (χ0n) is 11.6. The van der Waals surface area contributed by atoms with Gasteiger partial charge < -0.3 is 14.7 Å². The van der Waals surface area contributed by atoms with Crippen LogP contribution in [0.4, 0.5) is 0 Å². The predicted molar refractivity (Wildman–Crippen MR) is 72.9 cm³/mol. The minimum absolute atomic E-state index is 0.0151. The first-order valence-corrected chi connectivity index (χ1v) is 6.67. The number of carbonyl (C=O) groups excluding carboxylic acids is 1. The summed E-state index contributed by atoms with van der Waals surface area (Å²) in [5.41, 5.74) is 0.972. The number of hydrogen-bond acceptors (Lipinski definition) is 3. The smallest absolute Gasteiger partial charge is 0.254 e. The highest BCUT2D eigenvalue weighted by Gasteiger charge is 2.42. The number of β-amino-alcohol motifs (C(OH)–C–C–N with tert-alkyl or cyclic N) is 1. The Morgan fingerprint density at radius 1 is 1.47 bits per heavy atom. The van der Waals surface area contributed by atoms with Crippen molar-refractivity contribution in [3.63, 3.8) is 0 Å². The lowest BCUT2D eigenvalue weighted by Crippen LogP contribution is -2.63. The van der Waals surface area contributed by atoms with E-state index in [2.05, 4.69) is 0 Å². The molecule has 0 unspecified atom stereocenters. The Kier molecular flexibility index (Phi) is 4.22. The van der Waals surface area contributed by atoms with E-state index in [4.69, 9.17) is 4.74 Å². The molecule has 4 nitrogen and oxygen atoms in total. The quantitative estimate of drug-likeness (QED) is 0.881. The summed E-state index contributed by atoms with van der Waals surface area (Å²) in [7, 11) is 1.63. The molecule has 1 heterocycles. The molecule has 0 bridgehead atoms. The number of ether oxygens (including phenoxy) is 1. The van der Waals surface area contributed by atoms with Gasteiger partial charge in [0.1, 0.15) is 0 Å². The number of nitrogens with zero attached hydrogens (tertiary/aromatic N) is 1. The van der Waals surface area contributed by atoms with E-state index >= 15 is 0 Å². The lowest BCUT2D eigenvalue weighted by molar-refractivity contribution is -0.0860. The second-order valence-electron chi connectivity index (χ2n) is 5.27. The molecule has 1 N–H and O–H groups in total. The third kappa shape index (κ3) is 3.14. The van der Waals surface area contributed by atoms with E-state index in [0.29, 0.717) is 25.3 Å². The van der Waals surface area contributed by atoms with Gasteiger partial charge in [-0.15, -0.1) is 0 Å². The van der Waals surface area contributed by atoms with Crippen molar-refractivity contribution in [1.82, 2.24) is 4.90 Å². The van der Waals surface area contributed by atoms with E-state index in [1.165, 1.54) is 0 Å². The Labute approximate surface area is 114 Å². The van der Waals surface area contributed by atoms with E-state index in [0.717, 1.165) is 18.4 Å². The molecular formula is C15H21NO3.